The van der Waals surface area contributed by atoms with E-state index in [1.54, 1.807) is 0 Å². The van der Waals surface area contributed by atoms with E-state index >= 15 is 0 Å². The number of benzene rings is 3. The predicted octanol–water partition coefficient (Wildman–Crippen LogP) is 5.06. The molecule has 0 aliphatic carbocycles. The summed E-state index contributed by atoms with van der Waals surface area (Å²) in [7, 11) is 0. The maximum Gasteiger partial charge on any atom is 0.0944 e. The van der Waals surface area contributed by atoms with E-state index in [0.717, 1.165) is 23.5 Å². The molecule has 0 aliphatic heterocycles. The normalized spacial score (nSPS) is 11.4. The number of hydrogen-bond donors (Lipinski definition) is 0. The lowest BCUT2D eigenvalue weighted by Gasteiger charge is -2.07. The van der Waals surface area contributed by atoms with Crippen LogP contribution < -0.4 is 0 Å². The lowest BCUT2D eigenvalue weighted by atomic mass is 10.1. The summed E-state index contributed by atoms with van der Waals surface area (Å²) >= 11 is 0. The molecule has 0 bridgehead atoms. The van der Waals surface area contributed by atoms with Crippen molar-refractivity contribution in [1.29, 1.82) is 0 Å². The molecule has 0 aliphatic rings. The number of fused-ring (bicyclic) bond motifs is 3. The van der Waals surface area contributed by atoms with Crippen LogP contribution in [0.4, 0.5) is 0 Å². The molecule has 0 spiro atoms. The first kappa shape index (κ1) is 14.9. The van der Waals surface area contributed by atoms with E-state index in [1.807, 2.05) is 29.1 Å². The molecule has 2 aromatic heterocycles. The fourth-order valence-electron chi connectivity index (χ4n) is 3.75. The van der Waals surface area contributed by atoms with Crippen molar-refractivity contribution in [1.82, 2.24) is 19.6 Å². The van der Waals surface area contributed by atoms with Gasteiger partial charge >= 0.3 is 0 Å². The van der Waals surface area contributed by atoms with Gasteiger partial charge in [-0.05, 0) is 31.2 Å². The second-order valence-electron chi connectivity index (χ2n) is 6.36. The largest absolute Gasteiger partial charge is 0.341 e. The number of aromatic nitrogens is 4. The molecule has 0 radical (unpaired) electrons. The van der Waals surface area contributed by atoms with Crippen LogP contribution in [0.5, 0.6) is 0 Å². The van der Waals surface area contributed by atoms with Crippen molar-refractivity contribution in [3.63, 3.8) is 0 Å². The Kier molecular flexibility index (Phi) is 3.35. The van der Waals surface area contributed by atoms with Crippen molar-refractivity contribution in [2.75, 3.05) is 0 Å². The highest BCUT2D eigenvalue weighted by Crippen LogP contribution is 2.31. The summed E-state index contributed by atoms with van der Waals surface area (Å²) in [4.78, 5) is 0. The monoisotopic (exact) mass is 338 g/mol. The van der Waals surface area contributed by atoms with E-state index in [2.05, 4.69) is 76.4 Å². The van der Waals surface area contributed by atoms with Crippen LogP contribution in [0, 0.1) is 0 Å². The van der Waals surface area contributed by atoms with Gasteiger partial charge in [-0.2, -0.15) is 0 Å². The molecule has 3 aromatic carbocycles. The SMILES string of the molecule is CCn1c2ccccc2c2cc(-n3nncc3-c3ccccc3)ccc21. The van der Waals surface area contributed by atoms with Crippen LogP contribution in [0.15, 0.2) is 79.0 Å². The molecule has 0 saturated heterocycles. The minimum atomic E-state index is 0.946. The molecule has 126 valence electrons. The molecule has 0 amide bonds. The first-order chi connectivity index (χ1) is 12.9. The second kappa shape index (κ2) is 5.85. The number of rotatable bonds is 3. The third-order valence-corrected chi connectivity index (χ3v) is 4.94. The standard InChI is InChI=1S/C22H18N4/c1-2-25-20-11-7-6-10-18(20)19-14-17(12-13-21(19)25)26-22(15-23-24-26)16-8-4-3-5-9-16/h3-15H,2H2,1H3. The first-order valence-corrected chi connectivity index (χ1v) is 8.84. The van der Waals surface area contributed by atoms with Crippen molar-refractivity contribution in [3.05, 3.63) is 79.0 Å². The van der Waals surface area contributed by atoms with Gasteiger partial charge in [-0.1, -0.05) is 53.7 Å². The van der Waals surface area contributed by atoms with E-state index in [9.17, 15) is 0 Å². The highest BCUT2D eigenvalue weighted by atomic mass is 15.4. The maximum absolute atomic E-state index is 4.34. The number of nitrogens with zero attached hydrogens (tertiary/aromatic N) is 4. The van der Waals surface area contributed by atoms with Crippen LogP contribution >= 0.6 is 0 Å². The van der Waals surface area contributed by atoms with Gasteiger partial charge in [-0.3, -0.25) is 0 Å². The Morgan fingerprint density at radius 2 is 1.58 bits per heavy atom. The smallest absolute Gasteiger partial charge is 0.0944 e. The fourth-order valence-corrected chi connectivity index (χ4v) is 3.75. The van der Waals surface area contributed by atoms with E-state index in [-0.39, 0.29) is 0 Å². The predicted molar refractivity (Wildman–Crippen MR) is 105 cm³/mol. The van der Waals surface area contributed by atoms with Crippen LogP contribution in [0.2, 0.25) is 0 Å². The molecule has 0 saturated carbocycles. The van der Waals surface area contributed by atoms with Gasteiger partial charge in [0.1, 0.15) is 0 Å². The average molecular weight is 338 g/mol. The number of hydrogen-bond acceptors (Lipinski definition) is 2. The summed E-state index contributed by atoms with van der Waals surface area (Å²) in [5, 5.41) is 11.0. The van der Waals surface area contributed by atoms with E-state index < -0.39 is 0 Å². The molecule has 26 heavy (non-hydrogen) atoms. The van der Waals surface area contributed by atoms with Gasteiger partial charge in [0.15, 0.2) is 0 Å². The van der Waals surface area contributed by atoms with Gasteiger partial charge in [-0.25, -0.2) is 4.68 Å². The minimum absolute atomic E-state index is 0.946. The summed E-state index contributed by atoms with van der Waals surface area (Å²) in [5.74, 6) is 0. The third-order valence-electron chi connectivity index (χ3n) is 4.94. The molecule has 5 aromatic rings. The Hall–Kier alpha value is -3.40. The van der Waals surface area contributed by atoms with Crippen molar-refractivity contribution in [3.8, 4) is 16.9 Å². The summed E-state index contributed by atoms with van der Waals surface area (Å²) in [5.41, 5.74) is 5.63. The first-order valence-electron chi connectivity index (χ1n) is 8.84. The highest BCUT2D eigenvalue weighted by molar-refractivity contribution is 6.08. The van der Waals surface area contributed by atoms with Gasteiger partial charge in [0.05, 0.1) is 17.6 Å². The molecule has 4 nitrogen and oxygen atoms in total. The second-order valence-corrected chi connectivity index (χ2v) is 6.36. The summed E-state index contributed by atoms with van der Waals surface area (Å²) < 4.78 is 4.26. The average Bonchev–Trinajstić information content (AvgIpc) is 3.31. The molecular weight excluding hydrogens is 320 g/mol. The highest BCUT2D eigenvalue weighted by Gasteiger charge is 2.13. The molecular formula is C22H18N4. The van der Waals surface area contributed by atoms with Crippen molar-refractivity contribution in [2.45, 2.75) is 13.5 Å². The van der Waals surface area contributed by atoms with Crippen LogP contribution in [0.3, 0.4) is 0 Å². The quantitative estimate of drug-likeness (QED) is 0.461. The Morgan fingerprint density at radius 3 is 2.42 bits per heavy atom. The molecule has 4 heteroatoms. The fraction of sp³-hybridized carbons (Fsp3) is 0.0909. The van der Waals surface area contributed by atoms with Gasteiger partial charge in [0, 0.05) is 33.9 Å². The van der Waals surface area contributed by atoms with Crippen LogP contribution in [0.1, 0.15) is 6.92 Å². The van der Waals surface area contributed by atoms with E-state index in [4.69, 9.17) is 0 Å². The molecule has 0 atom stereocenters. The lowest BCUT2D eigenvalue weighted by Crippen LogP contribution is -1.99. The van der Waals surface area contributed by atoms with Crippen molar-refractivity contribution < 1.29 is 0 Å². The van der Waals surface area contributed by atoms with E-state index in [0.29, 0.717) is 0 Å². The number of para-hydroxylation sites is 1. The Labute approximate surface area is 151 Å². The molecule has 5 rings (SSSR count). The van der Waals surface area contributed by atoms with Gasteiger partial charge in [0.25, 0.3) is 0 Å². The molecule has 0 unspecified atom stereocenters. The third kappa shape index (κ3) is 2.15. The summed E-state index contributed by atoms with van der Waals surface area (Å²) in [6.45, 7) is 3.13. The number of aryl methyl sites for hydroxylation is 1. The Balaban J connectivity index is 1.75. The van der Waals surface area contributed by atoms with E-state index in [1.165, 1.54) is 21.8 Å². The van der Waals surface area contributed by atoms with Crippen LogP contribution in [0.25, 0.3) is 38.8 Å². The van der Waals surface area contributed by atoms with Gasteiger partial charge in [0.2, 0.25) is 0 Å². The van der Waals surface area contributed by atoms with Crippen LogP contribution in [-0.2, 0) is 6.54 Å². The lowest BCUT2D eigenvalue weighted by molar-refractivity contribution is 0.807. The zero-order chi connectivity index (χ0) is 17.5. The van der Waals surface area contributed by atoms with Crippen LogP contribution in [-0.4, -0.2) is 19.6 Å². The summed E-state index contributed by atoms with van der Waals surface area (Å²) in [6, 6.07) is 25.3. The zero-order valence-electron chi connectivity index (χ0n) is 14.5. The Bertz CT molecular complexity index is 1220. The van der Waals surface area contributed by atoms with Crippen molar-refractivity contribution >= 4 is 21.8 Å². The van der Waals surface area contributed by atoms with Crippen molar-refractivity contribution in [2.24, 2.45) is 0 Å². The molecule has 0 N–H and O–H groups in total. The minimum Gasteiger partial charge on any atom is -0.341 e. The topological polar surface area (TPSA) is 35.6 Å². The van der Waals surface area contributed by atoms with Gasteiger partial charge in [-0.15, -0.1) is 5.10 Å². The molecule has 2 heterocycles. The zero-order valence-corrected chi connectivity index (χ0v) is 14.5. The maximum atomic E-state index is 4.34. The molecule has 0 fully saturated rings. The Morgan fingerprint density at radius 1 is 0.808 bits per heavy atom. The van der Waals surface area contributed by atoms with Gasteiger partial charge < -0.3 is 4.57 Å². The summed E-state index contributed by atoms with van der Waals surface area (Å²) in [6.07, 6.45) is 1.81.